The van der Waals surface area contributed by atoms with E-state index in [1.165, 1.54) is 0 Å². The number of nitrogens with zero attached hydrogens (tertiary/aromatic N) is 4. The summed E-state index contributed by atoms with van der Waals surface area (Å²) in [5, 5.41) is 12.5. The Balaban J connectivity index is 1.75. The van der Waals surface area contributed by atoms with Gasteiger partial charge in [0, 0.05) is 24.0 Å². The zero-order chi connectivity index (χ0) is 23.3. The summed E-state index contributed by atoms with van der Waals surface area (Å²) in [7, 11) is 0. The molecule has 1 amide bonds. The van der Waals surface area contributed by atoms with Crippen LogP contribution in [0.15, 0.2) is 27.4 Å². The van der Waals surface area contributed by atoms with Crippen LogP contribution in [0.3, 0.4) is 0 Å². The van der Waals surface area contributed by atoms with Gasteiger partial charge in [0.2, 0.25) is 0 Å². The molecule has 33 heavy (non-hydrogen) atoms. The average molecular weight is 444 g/mol. The Labute approximate surface area is 189 Å². The number of likely N-dealkylation sites (tertiary alicyclic amines) is 1. The summed E-state index contributed by atoms with van der Waals surface area (Å²) in [5.74, 6) is 5.83. The van der Waals surface area contributed by atoms with Gasteiger partial charge in [0.1, 0.15) is 11.3 Å². The number of nitrogen functional groups attached to an aromatic ring is 1. The number of carbonyl (C=O) groups is 1. The highest BCUT2D eigenvalue weighted by Crippen LogP contribution is 2.40. The molecule has 1 aliphatic rings. The van der Waals surface area contributed by atoms with Crippen LogP contribution in [0.1, 0.15) is 36.9 Å². The number of aryl methyl sites for hydroxylation is 2. The van der Waals surface area contributed by atoms with E-state index in [9.17, 15) is 9.59 Å². The van der Waals surface area contributed by atoms with Gasteiger partial charge in [0.25, 0.3) is 11.5 Å². The second-order valence-electron chi connectivity index (χ2n) is 8.43. The number of rotatable bonds is 2. The standard InChI is InChI=1S/C24H24N6O3/c1-4-6-18(31)29-10-5-7-15(12-29)30-21(19-20(28-30)24(32)27-26-23(19)25)22-14(3)16-11-13(2)8-9-17(16)33-22/h8-9,11,15H,5,7,10,12H2,1-3H3,(H2,25,26)(H,27,32). The maximum absolute atomic E-state index is 12.6. The van der Waals surface area contributed by atoms with Crippen LogP contribution in [0.25, 0.3) is 33.3 Å². The molecule has 1 saturated heterocycles. The second-order valence-corrected chi connectivity index (χ2v) is 8.43. The van der Waals surface area contributed by atoms with Crippen molar-refractivity contribution in [3.05, 3.63) is 39.7 Å². The Hall–Kier alpha value is -4.06. The Kier molecular flexibility index (Phi) is 4.93. The monoisotopic (exact) mass is 444 g/mol. The number of carbonyl (C=O) groups excluding carboxylic acids is 1. The van der Waals surface area contributed by atoms with Gasteiger partial charge in [-0.15, -0.1) is 0 Å². The smallest absolute Gasteiger partial charge is 0.298 e. The zero-order valence-corrected chi connectivity index (χ0v) is 18.7. The van der Waals surface area contributed by atoms with Gasteiger partial charge in [-0.1, -0.05) is 17.6 Å². The maximum atomic E-state index is 12.6. The Morgan fingerprint density at radius 2 is 2.15 bits per heavy atom. The van der Waals surface area contributed by atoms with Gasteiger partial charge in [0.15, 0.2) is 17.1 Å². The molecule has 3 aromatic heterocycles. The van der Waals surface area contributed by atoms with Crippen molar-refractivity contribution in [2.24, 2.45) is 0 Å². The van der Waals surface area contributed by atoms with Crippen LogP contribution >= 0.6 is 0 Å². The van der Waals surface area contributed by atoms with Gasteiger partial charge >= 0.3 is 0 Å². The van der Waals surface area contributed by atoms with Crippen molar-refractivity contribution < 1.29 is 9.21 Å². The van der Waals surface area contributed by atoms with E-state index in [0.29, 0.717) is 29.9 Å². The lowest BCUT2D eigenvalue weighted by Gasteiger charge is -2.32. The van der Waals surface area contributed by atoms with Crippen LogP contribution in [-0.4, -0.2) is 43.9 Å². The molecule has 1 aromatic carbocycles. The highest BCUT2D eigenvalue weighted by molar-refractivity contribution is 6.01. The number of piperidine rings is 1. The first-order valence-electron chi connectivity index (χ1n) is 10.9. The van der Waals surface area contributed by atoms with Crippen molar-refractivity contribution >= 4 is 33.6 Å². The fraction of sp³-hybridized carbons (Fsp3) is 0.333. The third-order valence-corrected chi connectivity index (χ3v) is 6.23. The molecule has 9 heteroatoms. The summed E-state index contributed by atoms with van der Waals surface area (Å²) >= 11 is 0. The van der Waals surface area contributed by atoms with Crippen molar-refractivity contribution in [2.75, 3.05) is 18.8 Å². The number of aromatic nitrogens is 4. The summed E-state index contributed by atoms with van der Waals surface area (Å²) in [6.07, 6.45) is 1.58. The van der Waals surface area contributed by atoms with E-state index in [1.807, 2.05) is 26.0 Å². The molecule has 0 aliphatic carbocycles. The lowest BCUT2D eigenvalue weighted by atomic mass is 10.0. The minimum absolute atomic E-state index is 0.169. The zero-order valence-electron chi connectivity index (χ0n) is 18.7. The quantitative estimate of drug-likeness (QED) is 0.458. The highest BCUT2D eigenvalue weighted by atomic mass is 16.3. The van der Waals surface area contributed by atoms with E-state index in [2.05, 4.69) is 33.2 Å². The number of hydrogen-bond donors (Lipinski definition) is 2. The molecule has 0 saturated carbocycles. The Morgan fingerprint density at radius 1 is 1.33 bits per heavy atom. The predicted molar refractivity (Wildman–Crippen MR) is 126 cm³/mol. The number of hydrogen-bond acceptors (Lipinski definition) is 6. The maximum Gasteiger partial charge on any atom is 0.298 e. The average Bonchev–Trinajstić information content (AvgIpc) is 3.36. The topological polar surface area (TPSA) is 123 Å². The summed E-state index contributed by atoms with van der Waals surface area (Å²) in [4.78, 5) is 26.8. The van der Waals surface area contributed by atoms with Crippen molar-refractivity contribution in [1.82, 2.24) is 24.9 Å². The van der Waals surface area contributed by atoms with Gasteiger partial charge in [-0.05, 0) is 51.7 Å². The van der Waals surface area contributed by atoms with Gasteiger partial charge < -0.3 is 15.1 Å². The molecule has 1 fully saturated rings. The van der Waals surface area contributed by atoms with Crippen molar-refractivity contribution in [3.63, 3.8) is 0 Å². The second kappa shape index (κ2) is 7.81. The van der Waals surface area contributed by atoms with E-state index in [1.54, 1.807) is 16.5 Å². The van der Waals surface area contributed by atoms with E-state index in [4.69, 9.17) is 10.2 Å². The molecule has 168 valence electrons. The number of nitrogens with one attached hydrogen (secondary N) is 1. The normalized spacial score (nSPS) is 16.2. The Morgan fingerprint density at radius 3 is 2.94 bits per heavy atom. The number of benzene rings is 1. The molecular weight excluding hydrogens is 420 g/mol. The lowest BCUT2D eigenvalue weighted by molar-refractivity contribution is -0.126. The third-order valence-electron chi connectivity index (χ3n) is 6.23. The van der Waals surface area contributed by atoms with Crippen LogP contribution < -0.4 is 11.3 Å². The summed E-state index contributed by atoms with van der Waals surface area (Å²) in [5.41, 5.74) is 9.39. The third kappa shape index (κ3) is 3.35. The first-order valence-corrected chi connectivity index (χ1v) is 10.9. The molecule has 5 rings (SSSR count). The van der Waals surface area contributed by atoms with Crippen LogP contribution in [0.2, 0.25) is 0 Å². The largest absolute Gasteiger partial charge is 0.454 e. The van der Waals surface area contributed by atoms with E-state index >= 15 is 0 Å². The summed E-state index contributed by atoms with van der Waals surface area (Å²) < 4.78 is 8.07. The molecule has 0 radical (unpaired) electrons. The van der Waals surface area contributed by atoms with Crippen LogP contribution in [0.5, 0.6) is 0 Å². The summed E-state index contributed by atoms with van der Waals surface area (Å²) in [6, 6.07) is 5.82. The van der Waals surface area contributed by atoms with Gasteiger partial charge in [-0.3, -0.25) is 14.3 Å². The van der Waals surface area contributed by atoms with Crippen molar-refractivity contribution in [2.45, 2.75) is 39.7 Å². The SMILES string of the molecule is CC#CC(=O)N1CCCC(n2nc3c(=O)[nH]nc(N)c3c2-c2oc3ccc(C)cc3c2C)C1. The molecule has 1 aliphatic heterocycles. The molecule has 4 heterocycles. The van der Waals surface area contributed by atoms with Gasteiger partial charge in [0.05, 0.1) is 11.4 Å². The number of anilines is 1. The Bertz CT molecular complexity index is 1530. The number of fused-ring (bicyclic) bond motifs is 2. The molecule has 3 N–H and O–H groups in total. The van der Waals surface area contributed by atoms with Gasteiger partial charge in [-0.2, -0.15) is 10.2 Å². The fourth-order valence-corrected chi connectivity index (χ4v) is 4.62. The summed E-state index contributed by atoms with van der Waals surface area (Å²) in [6.45, 7) is 6.71. The minimum Gasteiger partial charge on any atom is -0.454 e. The molecule has 0 bridgehead atoms. The van der Waals surface area contributed by atoms with Crippen LogP contribution in [0.4, 0.5) is 5.82 Å². The molecule has 0 spiro atoms. The number of amides is 1. The van der Waals surface area contributed by atoms with E-state index in [-0.39, 0.29) is 23.3 Å². The number of H-pyrrole nitrogens is 1. The lowest BCUT2D eigenvalue weighted by Crippen LogP contribution is -2.40. The van der Waals surface area contributed by atoms with Crippen molar-refractivity contribution in [1.29, 1.82) is 0 Å². The van der Waals surface area contributed by atoms with Crippen LogP contribution in [0, 0.1) is 25.7 Å². The molecule has 1 atom stereocenters. The first-order chi connectivity index (χ1) is 15.9. The fourth-order valence-electron chi connectivity index (χ4n) is 4.62. The van der Waals surface area contributed by atoms with Crippen molar-refractivity contribution in [3.8, 4) is 23.3 Å². The predicted octanol–water partition coefficient (Wildman–Crippen LogP) is 2.92. The number of nitrogens with two attached hydrogens (primary N) is 1. The number of furan rings is 1. The molecular formula is C24H24N6O3. The highest BCUT2D eigenvalue weighted by Gasteiger charge is 2.31. The van der Waals surface area contributed by atoms with Crippen LogP contribution in [-0.2, 0) is 4.79 Å². The first kappa shape index (κ1) is 20.8. The molecule has 4 aromatic rings. The van der Waals surface area contributed by atoms with E-state index < -0.39 is 5.56 Å². The van der Waals surface area contributed by atoms with E-state index in [0.717, 1.165) is 34.9 Å². The minimum atomic E-state index is -0.426. The number of aromatic amines is 1. The van der Waals surface area contributed by atoms with Gasteiger partial charge in [-0.25, -0.2) is 5.10 Å². The molecule has 1 unspecified atom stereocenters. The molecule has 9 nitrogen and oxygen atoms in total.